The van der Waals surface area contributed by atoms with Crippen LogP contribution in [-0.4, -0.2) is 11.6 Å². The summed E-state index contributed by atoms with van der Waals surface area (Å²) < 4.78 is 3.76. The van der Waals surface area contributed by atoms with E-state index < -0.39 is 4.52 Å². The second kappa shape index (κ2) is 2.65. The number of rotatable bonds is 1. The Kier molecular flexibility index (Phi) is 2.81. The molecule has 0 saturated carbocycles. The van der Waals surface area contributed by atoms with Crippen molar-refractivity contribution in [2.45, 2.75) is 25.3 Å². The van der Waals surface area contributed by atoms with Gasteiger partial charge in [0.2, 0.25) is 4.52 Å². The predicted molar refractivity (Wildman–Crippen MR) is 40.9 cm³/mol. The maximum absolute atomic E-state index is 5.74. The lowest BCUT2D eigenvalue weighted by molar-refractivity contribution is 0.0446. The second-order valence-corrected chi connectivity index (χ2v) is 4.23. The van der Waals surface area contributed by atoms with E-state index in [4.69, 9.17) is 27.9 Å². The molecule has 3 heteroatoms. The highest BCUT2D eigenvalue weighted by atomic mass is 35.5. The zero-order chi connectivity index (χ0) is 7.71. The van der Waals surface area contributed by atoms with Gasteiger partial charge >= 0.3 is 0 Å². The molecule has 0 heterocycles. The third kappa shape index (κ3) is 2.32. The van der Waals surface area contributed by atoms with E-state index in [1.54, 1.807) is 0 Å². The summed E-state index contributed by atoms with van der Waals surface area (Å²) in [4.78, 5) is 0. The summed E-state index contributed by atoms with van der Waals surface area (Å²) in [6.45, 7) is 5.74. The van der Waals surface area contributed by atoms with Crippen molar-refractivity contribution in [1.82, 2.24) is 0 Å². The van der Waals surface area contributed by atoms with Crippen molar-refractivity contribution in [3.63, 3.8) is 0 Å². The van der Waals surface area contributed by atoms with Gasteiger partial charge in [-0.3, -0.25) is 0 Å². The van der Waals surface area contributed by atoms with Gasteiger partial charge < -0.3 is 4.74 Å². The molecule has 0 N–H and O–H groups in total. The number of hydrogen-bond donors (Lipinski definition) is 0. The molecular formula is C6H12Cl2O. The lowest BCUT2D eigenvalue weighted by Crippen LogP contribution is -2.33. The first-order chi connectivity index (χ1) is 3.81. The summed E-state index contributed by atoms with van der Waals surface area (Å²) in [7, 11) is 1.49. The highest BCUT2D eigenvalue weighted by Gasteiger charge is 2.38. The summed E-state index contributed by atoms with van der Waals surface area (Å²) in [6.07, 6.45) is 0. The van der Waals surface area contributed by atoms with Gasteiger partial charge in [-0.05, 0) is 0 Å². The van der Waals surface area contributed by atoms with Crippen molar-refractivity contribution in [3.05, 3.63) is 0 Å². The molecule has 9 heavy (non-hydrogen) atoms. The third-order valence-corrected chi connectivity index (χ3v) is 2.57. The number of alkyl halides is 2. The molecule has 0 spiro atoms. The Hall–Kier alpha value is 0.540. The Morgan fingerprint density at radius 1 is 1.11 bits per heavy atom. The van der Waals surface area contributed by atoms with Crippen molar-refractivity contribution < 1.29 is 4.74 Å². The normalized spacial score (nSPS) is 14.0. The Bertz CT molecular complexity index is 93.7. The van der Waals surface area contributed by atoms with Gasteiger partial charge in [-0.1, -0.05) is 44.0 Å². The molecule has 0 radical (unpaired) electrons. The van der Waals surface area contributed by atoms with Crippen molar-refractivity contribution >= 4 is 23.2 Å². The highest BCUT2D eigenvalue weighted by Crippen LogP contribution is 2.40. The largest absolute Gasteiger partial charge is 0.350 e. The summed E-state index contributed by atoms with van der Waals surface area (Å²) in [6, 6.07) is 0. The zero-order valence-corrected chi connectivity index (χ0v) is 7.68. The Morgan fingerprint density at radius 2 is 1.44 bits per heavy atom. The molecule has 0 aliphatic rings. The molecule has 1 nitrogen and oxygen atoms in total. The molecular weight excluding hydrogens is 159 g/mol. The maximum atomic E-state index is 5.74. The van der Waals surface area contributed by atoms with Crippen LogP contribution in [0, 0.1) is 5.41 Å². The molecule has 0 aromatic rings. The summed E-state index contributed by atoms with van der Waals surface area (Å²) in [5.74, 6) is 0. The van der Waals surface area contributed by atoms with E-state index in [1.165, 1.54) is 7.11 Å². The van der Waals surface area contributed by atoms with Crippen molar-refractivity contribution in [2.75, 3.05) is 7.11 Å². The molecule has 0 fully saturated rings. The smallest absolute Gasteiger partial charge is 0.222 e. The highest BCUT2D eigenvalue weighted by molar-refractivity contribution is 6.47. The van der Waals surface area contributed by atoms with E-state index in [0.29, 0.717) is 0 Å². The fourth-order valence-corrected chi connectivity index (χ4v) is 0.306. The number of methoxy groups -OCH3 is 1. The molecule has 0 atom stereocenters. The average molecular weight is 171 g/mol. The minimum Gasteiger partial charge on any atom is -0.350 e. The molecule has 0 amide bonds. The van der Waals surface area contributed by atoms with Gasteiger partial charge in [0.05, 0.1) is 0 Å². The topological polar surface area (TPSA) is 9.23 Å². The molecule has 0 rings (SSSR count). The van der Waals surface area contributed by atoms with Crippen LogP contribution < -0.4 is 0 Å². The molecule has 0 saturated heterocycles. The van der Waals surface area contributed by atoms with E-state index in [9.17, 15) is 0 Å². The van der Waals surface area contributed by atoms with E-state index >= 15 is 0 Å². The average Bonchev–Trinajstić information content (AvgIpc) is 1.64. The first kappa shape index (κ1) is 9.54. The SMILES string of the molecule is COC(Cl)(Cl)C(C)(C)C. The van der Waals surface area contributed by atoms with E-state index in [0.717, 1.165) is 0 Å². The zero-order valence-electron chi connectivity index (χ0n) is 6.16. The van der Waals surface area contributed by atoms with Crippen LogP contribution in [0.4, 0.5) is 0 Å². The van der Waals surface area contributed by atoms with Crippen molar-refractivity contribution in [1.29, 1.82) is 0 Å². The maximum Gasteiger partial charge on any atom is 0.222 e. The quantitative estimate of drug-likeness (QED) is 0.551. The standard InChI is InChI=1S/C6H12Cl2O/c1-5(2,3)6(7,8)9-4/h1-4H3. The van der Waals surface area contributed by atoms with Crippen LogP contribution in [0.3, 0.4) is 0 Å². The molecule has 0 aliphatic heterocycles. The first-order valence-electron chi connectivity index (χ1n) is 2.74. The molecule has 56 valence electrons. The van der Waals surface area contributed by atoms with Crippen LogP contribution in [0.15, 0.2) is 0 Å². The van der Waals surface area contributed by atoms with Crippen molar-refractivity contribution in [2.24, 2.45) is 5.41 Å². The van der Waals surface area contributed by atoms with Crippen LogP contribution in [-0.2, 0) is 4.74 Å². The molecule has 0 unspecified atom stereocenters. The van der Waals surface area contributed by atoms with Crippen LogP contribution in [0.25, 0.3) is 0 Å². The van der Waals surface area contributed by atoms with Crippen LogP contribution in [0.5, 0.6) is 0 Å². The van der Waals surface area contributed by atoms with Crippen LogP contribution in [0.1, 0.15) is 20.8 Å². The molecule has 0 aromatic heterocycles. The monoisotopic (exact) mass is 170 g/mol. The lowest BCUT2D eigenvalue weighted by Gasteiger charge is -2.31. The van der Waals surface area contributed by atoms with Crippen molar-refractivity contribution in [3.8, 4) is 0 Å². The van der Waals surface area contributed by atoms with Gasteiger partial charge in [-0.15, -0.1) is 0 Å². The number of hydrogen-bond acceptors (Lipinski definition) is 1. The lowest BCUT2D eigenvalue weighted by atomic mass is 9.98. The van der Waals surface area contributed by atoms with Gasteiger partial charge in [-0.2, -0.15) is 0 Å². The minimum atomic E-state index is -1.08. The third-order valence-electron chi connectivity index (χ3n) is 1.13. The van der Waals surface area contributed by atoms with Gasteiger partial charge in [0.15, 0.2) is 0 Å². The fraction of sp³-hybridized carbons (Fsp3) is 1.00. The molecule has 0 aromatic carbocycles. The second-order valence-electron chi connectivity index (χ2n) is 2.97. The summed E-state index contributed by atoms with van der Waals surface area (Å²) in [5.41, 5.74) is -0.245. The van der Waals surface area contributed by atoms with Crippen LogP contribution >= 0.6 is 23.2 Å². The Labute approximate surface area is 66.3 Å². The van der Waals surface area contributed by atoms with Gasteiger partial charge in [0.25, 0.3) is 0 Å². The Morgan fingerprint density at radius 3 is 1.44 bits per heavy atom. The molecule has 0 aliphatic carbocycles. The number of halogens is 2. The minimum absolute atomic E-state index is 0.245. The predicted octanol–water partition coefficient (Wildman–Crippen LogP) is 2.81. The van der Waals surface area contributed by atoms with Gasteiger partial charge in [-0.25, -0.2) is 0 Å². The Balaban J connectivity index is 4.14. The van der Waals surface area contributed by atoms with Crippen LogP contribution in [0.2, 0.25) is 0 Å². The summed E-state index contributed by atoms with van der Waals surface area (Å²) >= 11 is 11.5. The van der Waals surface area contributed by atoms with Gasteiger partial charge in [0, 0.05) is 12.5 Å². The summed E-state index contributed by atoms with van der Waals surface area (Å²) in [5, 5.41) is 0. The fourth-order valence-electron chi connectivity index (χ4n) is 0.306. The van der Waals surface area contributed by atoms with E-state index in [-0.39, 0.29) is 5.41 Å². The van der Waals surface area contributed by atoms with E-state index in [2.05, 4.69) is 0 Å². The van der Waals surface area contributed by atoms with E-state index in [1.807, 2.05) is 20.8 Å². The number of ether oxygens (including phenoxy) is 1. The first-order valence-corrected chi connectivity index (χ1v) is 3.50. The van der Waals surface area contributed by atoms with Gasteiger partial charge in [0.1, 0.15) is 0 Å². The molecule has 0 bridgehead atoms.